The minimum atomic E-state index is -0.855. The van der Waals surface area contributed by atoms with E-state index in [1.165, 1.54) is 0 Å². The van der Waals surface area contributed by atoms with Crippen LogP contribution in [0, 0.1) is 0 Å². The molecule has 1 amide bonds. The van der Waals surface area contributed by atoms with Crippen LogP contribution in [0.3, 0.4) is 0 Å². The maximum atomic E-state index is 11.9. The molecule has 0 saturated carbocycles. The predicted molar refractivity (Wildman–Crippen MR) is 53.4 cm³/mol. The topological polar surface area (TPSA) is 69.6 Å². The van der Waals surface area contributed by atoms with Crippen molar-refractivity contribution in [3.63, 3.8) is 0 Å². The Morgan fingerprint density at radius 3 is 2.27 bits per heavy atom. The molecule has 2 heterocycles. The van der Waals surface area contributed by atoms with Gasteiger partial charge in [-0.3, -0.25) is 14.9 Å². The van der Waals surface area contributed by atoms with E-state index in [2.05, 4.69) is 5.32 Å². The van der Waals surface area contributed by atoms with Crippen molar-refractivity contribution < 1.29 is 14.7 Å². The van der Waals surface area contributed by atoms with Gasteiger partial charge in [-0.25, -0.2) is 0 Å². The van der Waals surface area contributed by atoms with E-state index < -0.39 is 12.0 Å². The molecule has 2 aliphatic heterocycles. The van der Waals surface area contributed by atoms with Gasteiger partial charge in [0.25, 0.3) is 0 Å². The Bertz CT molecular complexity index is 274. The first-order valence-corrected chi connectivity index (χ1v) is 5.46. The lowest BCUT2D eigenvalue weighted by Crippen LogP contribution is -2.45. The Morgan fingerprint density at radius 1 is 1.13 bits per heavy atom. The summed E-state index contributed by atoms with van der Waals surface area (Å²) in [4.78, 5) is 24.4. The zero-order chi connectivity index (χ0) is 10.8. The van der Waals surface area contributed by atoms with E-state index in [1.54, 1.807) is 0 Å². The summed E-state index contributed by atoms with van der Waals surface area (Å²) in [5.41, 5.74) is 0. The normalized spacial score (nSPS) is 30.8. The summed E-state index contributed by atoms with van der Waals surface area (Å²) < 4.78 is 0. The molecule has 0 unspecified atom stereocenters. The van der Waals surface area contributed by atoms with Crippen LogP contribution in [0.5, 0.6) is 0 Å². The molecule has 15 heavy (non-hydrogen) atoms. The maximum Gasteiger partial charge on any atom is 0.320 e. The van der Waals surface area contributed by atoms with Gasteiger partial charge in [0, 0.05) is 13.1 Å². The fourth-order valence-corrected chi connectivity index (χ4v) is 2.29. The summed E-state index contributed by atoms with van der Waals surface area (Å²) in [6.45, 7) is 1.66. The lowest BCUT2D eigenvalue weighted by atomic mass is 10.2. The highest BCUT2D eigenvalue weighted by atomic mass is 16.4. The number of carbonyl (C=O) groups is 2. The molecular weight excluding hydrogens is 196 g/mol. The third kappa shape index (κ3) is 2.12. The van der Waals surface area contributed by atoms with Gasteiger partial charge in [-0.2, -0.15) is 0 Å². The molecule has 0 spiro atoms. The highest BCUT2D eigenvalue weighted by Crippen LogP contribution is 2.17. The van der Waals surface area contributed by atoms with Crippen LogP contribution in [0.15, 0.2) is 0 Å². The number of likely N-dealkylation sites (tertiary alicyclic amines) is 1. The summed E-state index contributed by atoms with van der Waals surface area (Å²) in [5, 5.41) is 11.7. The fourth-order valence-electron chi connectivity index (χ4n) is 2.29. The first kappa shape index (κ1) is 10.4. The number of hydrogen-bond acceptors (Lipinski definition) is 3. The van der Waals surface area contributed by atoms with Gasteiger partial charge in [-0.05, 0) is 25.7 Å². The Labute approximate surface area is 88.4 Å². The molecule has 0 aromatic rings. The summed E-state index contributed by atoms with van der Waals surface area (Å²) in [6.07, 6.45) is 3.34. The molecule has 5 heteroatoms. The van der Waals surface area contributed by atoms with Gasteiger partial charge in [0.2, 0.25) is 5.91 Å². The van der Waals surface area contributed by atoms with Crippen LogP contribution in [0.25, 0.3) is 0 Å². The van der Waals surface area contributed by atoms with E-state index in [0.717, 1.165) is 25.9 Å². The first-order valence-electron chi connectivity index (χ1n) is 5.46. The zero-order valence-corrected chi connectivity index (χ0v) is 8.61. The van der Waals surface area contributed by atoms with Crippen molar-refractivity contribution >= 4 is 11.9 Å². The molecule has 2 rings (SSSR count). The van der Waals surface area contributed by atoms with E-state index in [1.807, 2.05) is 4.90 Å². The van der Waals surface area contributed by atoms with E-state index in [4.69, 9.17) is 5.11 Å². The summed E-state index contributed by atoms with van der Waals surface area (Å²) >= 11 is 0. The van der Waals surface area contributed by atoms with Crippen LogP contribution >= 0.6 is 0 Å². The van der Waals surface area contributed by atoms with E-state index in [-0.39, 0.29) is 11.9 Å². The van der Waals surface area contributed by atoms with Gasteiger partial charge in [0.15, 0.2) is 0 Å². The van der Waals surface area contributed by atoms with Crippen LogP contribution in [-0.2, 0) is 9.59 Å². The van der Waals surface area contributed by atoms with Gasteiger partial charge < -0.3 is 10.0 Å². The number of carboxylic acid groups (broad SMARTS) is 1. The van der Waals surface area contributed by atoms with Crippen LogP contribution in [0.2, 0.25) is 0 Å². The average Bonchev–Trinajstić information content (AvgIpc) is 2.88. The van der Waals surface area contributed by atoms with Crippen LogP contribution in [0.4, 0.5) is 0 Å². The lowest BCUT2D eigenvalue weighted by molar-refractivity contribution is -0.139. The average molecular weight is 212 g/mol. The van der Waals surface area contributed by atoms with E-state index >= 15 is 0 Å². The van der Waals surface area contributed by atoms with Crippen molar-refractivity contribution in [1.29, 1.82) is 0 Å². The quantitative estimate of drug-likeness (QED) is 0.666. The monoisotopic (exact) mass is 212 g/mol. The lowest BCUT2D eigenvalue weighted by Gasteiger charge is -2.20. The molecule has 0 aliphatic carbocycles. The van der Waals surface area contributed by atoms with Crippen molar-refractivity contribution in [2.45, 2.75) is 37.8 Å². The number of nitrogens with one attached hydrogen (secondary N) is 1. The molecule has 0 aromatic heterocycles. The van der Waals surface area contributed by atoms with Crippen molar-refractivity contribution in [1.82, 2.24) is 10.2 Å². The molecule has 2 N–H and O–H groups in total. The molecular formula is C10H16N2O3. The standard InChI is InChI=1S/C10H16N2O3/c13-9(12-5-1-2-6-12)7-3-4-8(11-7)10(14)15/h7-8,11H,1-6H2,(H,14,15)/t7-,8-/m0/s1. The van der Waals surface area contributed by atoms with E-state index in [0.29, 0.717) is 12.8 Å². The van der Waals surface area contributed by atoms with E-state index in [9.17, 15) is 9.59 Å². The second-order valence-corrected chi connectivity index (χ2v) is 4.22. The summed E-state index contributed by atoms with van der Waals surface area (Å²) in [5.74, 6) is -0.775. The van der Waals surface area contributed by atoms with Gasteiger partial charge in [-0.1, -0.05) is 0 Å². The minimum absolute atomic E-state index is 0.0799. The van der Waals surface area contributed by atoms with Crippen LogP contribution < -0.4 is 5.32 Å². The van der Waals surface area contributed by atoms with Gasteiger partial charge in [0.05, 0.1) is 6.04 Å². The predicted octanol–water partition coefficient (Wildman–Crippen LogP) is -0.186. The van der Waals surface area contributed by atoms with Crippen LogP contribution in [0.1, 0.15) is 25.7 Å². The molecule has 2 aliphatic rings. The molecule has 2 saturated heterocycles. The number of carbonyl (C=O) groups excluding carboxylic acids is 1. The van der Waals surface area contributed by atoms with Crippen molar-refractivity contribution in [2.24, 2.45) is 0 Å². The number of rotatable bonds is 2. The highest BCUT2D eigenvalue weighted by Gasteiger charge is 2.35. The van der Waals surface area contributed by atoms with Crippen molar-refractivity contribution in [2.75, 3.05) is 13.1 Å². The zero-order valence-electron chi connectivity index (χ0n) is 8.61. The number of carboxylic acids is 1. The van der Waals surface area contributed by atoms with Crippen molar-refractivity contribution in [3.8, 4) is 0 Å². The second kappa shape index (κ2) is 4.18. The molecule has 84 valence electrons. The maximum absolute atomic E-state index is 11.9. The molecule has 2 atom stereocenters. The molecule has 0 aromatic carbocycles. The highest BCUT2D eigenvalue weighted by molar-refractivity contribution is 5.84. The SMILES string of the molecule is O=C(O)[C@@H]1CC[C@@H](C(=O)N2CCCC2)N1. The molecule has 0 radical (unpaired) electrons. The third-order valence-electron chi connectivity index (χ3n) is 3.16. The number of hydrogen-bond donors (Lipinski definition) is 2. The summed E-state index contributed by atoms with van der Waals surface area (Å²) in [7, 11) is 0. The first-order chi connectivity index (χ1) is 7.18. The van der Waals surface area contributed by atoms with Gasteiger partial charge >= 0.3 is 5.97 Å². The second-order valence-electron chi connectivity index (χ2n) is 4.22. The smallest absolute Gasteiger partial charge is 0.320 e. The van der Waals surface area contributed by atoms with Gasteiger partial charge in [-0.15, -0.1) is 0 Å². The molecule has 5 nitrogen and oxygen atoms in total. The number of amides is 1. The number of aliphatic carboxylic acids is 1. The van der Waals surface area contributed by atoms with Gasteiger partial charge in [0.1, 0.15) is 6.04 Å². The Hall–Kier alpha value is -1.10. The largest absolute Gasteiger partial charge is 0.480 e. The Morgan fingerprint density at radius 2 is 1.73 bits per heavy atom. The Balaban J connectivity index is 1.89. The number of nitrogens with zero attached hydrogens (tertiary/aromatic N) is 1. The minimum Gasteiger partial charge on any atom is -0.480 e. The Kier molecular flexibility index (Phi) is 2.90. The fraction of sp³-hybridized carbons (Fsp3) is 0.800. The third-order valence-corrected chi connectivity index (χ3v) is 3.16. The summed E-state index contributed by atoms with van der Waals surface area (Å²) in [6, 6.07) is -0.814. The molecule has 2 fully saturated rings. The molecule has 0 bridgehead atoms. The van der Waals surface area contributed by atoms with Crippen molar-refractivity contribution in [3.05, 3.63) is 0 Å². The van der Waals surface area contributed by atoms with Crippen LogP contribution in [-0.4, -0.2) is 47.1 Å².